The summed E-state index contributed by atoms with van der Waals surface area (Å²) in [5.74, 6) is 1.94. The van der Waals surface area contributed by atoms with Crippen molar-refractivity contribution in [1.29, 1.82) is 0 Å². The summed E-state index contributed by atoms with van der Waals surface area (Å²) in [6.45, 7) is 0. The predicted molar refractivity (Wildman–Crippen MR) is 217 cm³/mol. The second-order valence-electron chi connectivity index (χ2n) is 13.3. The third-order valence-electron chi connectivity index (χ3n) is 10.0. The van der Waals surface area contributed by atoms with Crippen LogP contribution in [0.15, 0.2) is 188 Å². The normalized spacial score (nSPS) is 11.5. The molecule has 0 amide bonds. The fraction of sp³-hybridized carbons (Fsp3) is 0. The average molecular weight is 662 g/mol. The van der Waals surface area contributed by atoms with Crippen LogP contribution < -0.4 is 0 Å². The third-order valence-corrected chi connectivity index (χ3v) is 10.0. The van der Waals surface area contributed by atoms with Gasteiger partial charge in [-0.3, -0.25) is 0 Å². The smallest absolute Gasteiger partial charge is 0.164 e. The number of hydrogen-bond donors (Lipinski definition) is 0. The molecular weight excluding hydrogens is 631 g/mol. The lowest BCUT2D eigenvalue weighted by atomic mass is 9.97. The fourth-order valence-electron chi connectivity index (χ4n) is 7.32. The van der Waals surface area contributed by atoms with Gasteiger partial charge in [0.25, 0.3) is 0 Å². The molecule has 0 unspecified atom stereocenters. The van der Waals surface area contributed by atoms with Gasteiger partial charge in [-0.2, -0.15) is 0 Å². The topological polar surface area (TPSA) is 38.7 Å². The van der Waals surface area contributed by atoms with Gasteiger partial charge in [-0.05, 0) is 95.7 Å². The Labute approximate surface area is 301 Å². The van der Waals surface area contributed by atoms with Crippen LogP contribution >= 0.6 is 0 Å². The number of nitrogens with zero attached hydrogens (tertiary/aromatic N) is 3. The Bertz CT molecular complexity index is 2970. The standard InChI is InChI=1S/C49H31N3/c1-2-9-32(10-3-1)37-19-20-40-28-38(21-22-39(40)27-37)36-14-8-15-42(30-36)47-50-48(43-24-17-33-11-4-5-13-35(33)29-43)52-49(51-47)44-25-26-46-41(31-44)23-18-34-12-6-7-16-45(34)46/h1-31H. The summed E-state index contributed by atoms with van der Waals surface area (Å²) in [4.78, 5) is 15.3. The van der Waals surface area contributed by atoms with E-state index in [1.807, 2.05) is 0 Å². The predicted octanol–water partition coefficient (Wildman–Crippen LogP) is 12.8. The van der Waals surface area contributed by atoms with Crippen molar-refractivity contribution in [1.82, 2.24) is 15.0 Å². The van der Waals surface area contributed by atoms with Crippen molar-refractivity contribution >= 4 is 43.1 Å². The van der Waals surface area contributed by atoms with Crippen molar-refractivity contribution in [2.75, 3.05) is 0 Å². The summed E-state index contributed by atoms with van der Waals surface area (Å²) < 4.78 is 0. The van der Waals surface area contributed by atoms with Crippen LogP contribution in [0, 0.1) is 0 Å². The summed E-state index contributed by atoms with van der Waals surface area (Å²) in [6.07, 6.45) is 0. The van der Waals surface area contributed by atoms with E-state index in [0.29, 0.717) is 17.5 Å². The molecule has 10 aromatic rings. The highest BCUT2D eigenvalue weighted by molar-refractivity contribution is 6.08. The zero-order valence-electron chi connectivity index (χ0n) is 28.2. The van der Waals surface area contributed by atoms with Gasteiger partial charge in [0.2, 0.25) is 0 Å². The maximum Gasteiger partial charge on any atom is 0.164 e. The summed E-state index contributed by atoms with van der Waals surface area (Å²) in [6, 6.07) is 66.6. The van der Waals surface area contributed by atoms with E-state index in [9.17, 15) is 0 Å². The molecule has 52 heavy (non-hydrogen) atoms. The molecule has 9 aromatic carbocycles. The number of fused-ring (bicyclic) bond motifs is 5. The number of benzene rings is 9. The molecule has 0 saturated carbocycles. The van der Waals surface area contributed by atoms with Crippen molar-refractivity contribution in [2.24, 2.45) is 0 Å². The molecule has 242 valence electrons. The molecule has 0 radical (unpaired) electrons. The van der Waals surface area contributed by atoms with Gasteiger partial charge in [-0.15, -0.1) is 0 Å². The molecule has 0 bridgehead atoms. The zero-order valence-corrected chi connectivity index (χ0v) is 28.2. The molecule has 0 atom stereocenters. The maximum absolute atomic E-state index is 5.13. The second kappa shape index (κ2) is 12.4. The van der Waals surface area contributed by atoms with Crippen LogP contribution in [0.25, 0.3) is 99.5 Å². The monoisotopic (exact) mass is 661 g/mol. The Kier molecular flexibility index (Phi) is 7.14. The van der Waals surface area contributed by atoms with Crippen molar-refractivity contribution in [3.05, 3.63) is 188 Å². The van der Waals surface area contributed by atoms with Crippen molar-refractivity contribution < 1.29 is 0 Å². The van der Waals surface area contributed by atoms with Crippen molar-refractivity contribution in [3.63, 3.8) is 0 Å². The van der Waals surface area contributed by atoms with Crippen LogP contribution in [-0.2, 0) is 0 Å². The van der Waals surface area contributed by atoms with E-state index in [1.165, 1.54) is 43.4 Å². The van der Waals surface area contributed by atoms with Crippen molar-refractivity contribution in [3.8, 4) is 56.4 Å². The third kappa shape index (κ3) is 5.46. The maximum atomic E-state index is 5.13. The van der Waals surface area contributed by atoms with Crippen LogP contribution in [0.2, 0.25) is 0 Å². The van der Waals surface area contributed by atoms with Crippen LogP contribution in [-0.4, -0.2) is 15.0 Å². The van der Waals surface area contributed by atoms with Gasteiger partial charge in [0.05, 0.1) is 0 Å². The first kappa shape index (κ1) is 29.9. The van der Waals surface area contributed by atoms with Gasteiger partial charge >= 0.3 is 0 Å². The minimum Gasteiger partial charge on any atom is -0.208 e. The first-order valence-electron chi connectivity index (χ1n) is 17.6. The van der Waals surface area contributed by atoms with Crippen molar-refractivity contribution in [2.45, 2.75) is 0 Å². The lowest BCUT2D eigenvalue weighted by Crippen LogP contribution is -2.00. The van der Waals surface area contributed by atoms with E-state index in [4.69, 9.17) is 15.0 Å². The van der Waals surface area contributed by atoms with Crippen LogP contribution in [0.1, 0.15) is 0 Å². The van der Waals surface area contributed by atoms with E-state index in [2.05, 4.69) is 188 Å². The van der Waals surface area contributed by atoms with Gasteiger partial charge in [-0.25, -0.2) is 15.0 Å². The van der Waals surface area contributed by atoms with Crippen LogP contribution in [0.3, 0.4) is 0 Å². The van der Waals surface area contributed by atoms with E-state index < -0.39 is 0 Å². The van der Waals surface area contributed by atoms with E-state index >= 15 is 0 Å². The van der Waals surface area contributed by atoms with Gasteiger partial charge in [-0.1, -0.05) is 158 Å². The minimum atomic E-state index is 0.641. The highest BCUT2D eigenvalue weighted by Crippen LogP contribution is 2.34. The van der Waals surface area contributed by atoms with Crippen LogP contribution in [0.4, 0.5) is 0 Å². The molecule has 0 aliphatic carbocycles. The highest BCUT2D eigenvalue weighted by Gasteiger charge is 2.15. The summed E-state index contributed by atoms with van der Waals surface area (Å²) in [5.41, 5.74) is 7.54. The fourth-order valence-corrected chi connectivity index (χ4v) is 7.32. The quantitative estimate of drug-likeness (QED) is 0.172. The van der Waals surface area contributed by atoms with Gasteiger partial charge < -0.3 is 0 Å². The first-order valence-corrected chi connectivity index (χ1v) is 17.6. The Morgan fingerprint density at radius 3 is 1.37 bits per heavy atom. The molecule has 1 aromatic heterocycles. The SMILES string of the molecule is c1ccc(-c2ccc3cc(-c4cccc(-c5nc(-c6ccc7ccccc7c6)nc(-c6ccc7c(ccc8ccccc87)c6)n5)c4)ccc3c2)cc1. The molecule has 3 nitrogen and oxygen atoms in total. The highest BCUT2D eigenvalue weighted by atomic mass is 15.0. The van der Waals surface area contributed by atoms with Gasteiger partial charge in [0, 0.05) is 16.7 Å². The Morgan fingerprint density at radius 2 is 0.615 bits per heavy atom. The molecule has 10 rings (SSSR count). The molecule has 0 aliphatic rings. The molecule has 0 saturated heterocycles. The van der Waals surface area contributed by atoms with E-state index in [-0.39, 0.29) is 0 Å². The largest absolute Gasteiger partial charge is 0.208 e. The van der Waals surface area contributed by atoms with Gasteiger partial charge in [0.15, 0.2) is 17.5 Å². The van der Waals surface area contributed by atoms with E-state index in [1.54, 1.807) is 0 Å². The first-order chi connectivity index (χ1) is 25.7. The minimum absolute atomic E-state index is 0.641. The summed E-state index contributed by atoms with van der Waals surface area (Å²) in [5, 5.41) is 9.58. The molecule has 0 fully saturated rings. The zero-order chi connectivity index (χ0) is 34.4. The van der Waals surface area contributed by atoms with Crippen LogP contribution in [0.5, 0.6) is 0 Å². The number of hydrogen-bond acceptors (Lipinski definition) is 3. The number of rotatable bonds is 5. The Morgan fingerprint density at radius 1 is 0.212 bits per heavy atom. The lowest BCUT2D eigenvalue weighted by molar-refractivity contribution is 1.08. The molecule has 0 N–H and O–H groups in total. The average Bonchev–Trinajstić information content (AvgIpc) is 3.23. The molecular formula is C49H31N3. The Balaban J connectivity index is 1.08. The molecule has 0 aliphatic heterocycles. The summed E-state index contributed by atoms with van der Waals surface area (Å²) in [7, 11) is 0. The molecule has 1 heterocycles. The molecule has 3 heteroatoms. The van der Waals surface area contributed by atoms with E-state index in [0.717, 1.165) is 38.6 Å². The summed E-state index contributed by atoms with van der Waals surface area (Å²) >= 11 is 0. The van der Waals surface area contributed by atoms with Gasteiger partial charge in [0.1, 0.15) is 0 Å². The Hall–Kier alpha value is -6.97. The second-order valence-corrected chi connectivity index (χ2v) is 13.3. The number of aromatic nitrogens is 3. The lowest BCUT2D eigenvalue weighted by Gasteiger charge is -2.11. The molecule has 0 spiro atoms.